The van der Waals surface area contributed by atoms with Gasteiger partial charge < -0.3 is 0 Å². The van der Waals surface area contributed by atoms with Crippen molar-refractivity contribution in [1.29, 1.82) is 0 Å². The molecule has 0 aliphatic rings. The van der Waals surface area contributed by atoms with E-state index in [2.05, 4.69) is 45.3 Å². The zero-order valence-electron chi connectivity index (χ0n) is 14.0. The number of carbonyl (C=O) groups excluding carboxylic acids is 1. The van der Waals surface area contributed by atoms with Crippen LogP contribution in [0.25, 0.3) is 22.0 Å². The van der Waals surface area contributed by atoms with Gasteiger partial charge in [0.15, 0.2) is 5.13 Å². The van der Waals surface area contributed by atoms with E-state index >= 15 is 0 Å². The normalized spacial score (nSPS) is 10.8. The van der Waals surface area contributed by atoms with Crippen LogP contribution in [-0.2, 0) is 0 Å². The van der Waals surface area contributed by atoms with Crippen LogP contribution in [-0.4, -0.2) is 10.9 Å². The number of benzene rings is 3. The minimum atomic E-state index is -0.150. The van der Waals surface area contributed by atoms with Gasteiger partial charge in [0.05, 0.1) is 5.69 Å². The highest BCUT2D eigenvalue weighted by molar-refractivity contribution is 9.10. The van der Waals surface area contributed by atoms with Gasteiger partial charge in [-0.3, -0.25) is 10.1 Å². The molecule has 1 N–H and O–H groups in total. The Hall–Kier alpha value is -2.50. The van der Waals surface area contributed by atoms with Gasteiger partial charge in [0.1, 0.15) is 0 Å². The van der Waals surface area contributed by atoms with Crippen molar-refractivity contribution < 1.29 is 4.79 Å². The first-order chi connectivity index (χ1) is 12.6. The van der Waals surface area contributed by atoms with Crippen molar-refractivity contribution in [1.82, 2.24) is 4.98 Å². The van der Waals surface area contributed by atoms with Crippen LogP contribution in [0.1, 0.15) is 15.9 Å². The molecule has 4 rings (SSSR count). The van der Waals surface area contributed by atoms with Gasteiger partial charge in [-0.1, -0.05) is 64.0 Å². The standard InChI is InChI=1S/C21H15BrN2OS/c1-13-5-7-14(8-6-13)19-12-26-21(23-19)24-20(25)18-4-2-3-15-11-16(22)9-10-17(15)18/h2-12H,1H3,(H,23,24,25). The SMILES string of the molecule is Cc1ccc(-c2csc(NC(=O)c3cccc4cc(Br)ccc34)n2)cc1. The average molecular weight is 423 g/mol. The molecular formula is C21H15BrN2OS. The predicted octanol–water partition coefficient (Wildman–Crippen LogP) is 6.29. The second kappa shape index (κ2) is 7.02. The first kappa shape index (κ1) is 16.9. The number of fused-ring (bicyclic) bond motifs is 1. The van der Waals surface area contributed by atoms with Gasteiger partial charge in [0.25, 0.3) is 5.91 Å². The number of hydrogen-bond acceptors (Lipinski definition) is 3. The third-order valence-corrected chi connectivity index (χ3v) is 5.41. The summed E-state index contributed by atoms with van der Waals surface area (Å²) in [5, 5.41) is 7.42. The van der Waals surface area contributed by atoms with E-state index in [4.69, 9.17) is 0 Å². The van der Waals surface area contributed by atoms with Crippen LogP contribution in [0.4, 0.5) is 5.13 Å². The summed E-state index contributed by atoms with van der Waals surface area (Å²) in [7, 11) is 0. The molecule has 0 aliphatic carbocycles. The number of aryl methyl sites for hydroxylation is 1. The van der Waals surface area contributed by atoms with Gasteiger partial charge in [-0.25, -0.2) is 4.98 Å². The molecule has 26 heavy (non-hydrogen) atoms. The Labute approximate surface area is 163 Å². The molecule has 4 aromatic rings. The number of carbonyl (C=O) groups is 1. The molecule has 1 amide bonds. The Bertz CT molecular complexity index is 1100. The van der Waals surface area contributed by atoms with Gasteiger partial charge in [-0.2, -0.15) is 0 Å². The lowest BCUT2D eigenvalue weighted by molar-refractivity contribution is 0.102. The summed E-state index contributed by atoms with van der Waals surface area (Å²) in [6.07, 6.45) is 0. The summed E-state index contributed by atoms with van der Waals surface area (Å²) in [4.78, 5) is 17.3. The number of rotatable bonds is 3. The minimum absolute atomic E-state index is 0.150. The number of hydrogen-bond donors (Lipinski definition) is 1. The minimum Gasteiger partial charge on any atom is -0.298 e. The maximum absolute atomic E-state index is 12.7. The van der Waals surface area contributed by atoms with E-state index < -0.39 is 0 Å². The third kappa shape index (κ3) is 3.41. The summed E-state index contributed by atoms with van der Waals surface area (Å²) < 4.78 is 0.991. The summed E-state index contributed by atoms with van der Waals surface area (Å²) in [5.41, 5.74) is 3.76. The molecule has 0 atom stereocenters. The van der Waals surface area contributed by atoms with Crippen molar-refractivity contribution in [2.45, 2.75) is 6.92 Å². The number of aromatic nitrogens is 1. The van der Waals surface area contributed by atoms with Crippen molar-refractivity contribution in [3.8, 4) is 11.3 Å². The van der Waals surface area contributed by atoms with Crippen LogP contribution >= 0.6 is 27.3 Å². The maximum Gasteiger partial charge on any atom is 0.258 e. The van der Waals surface area contributed by atoms with E-state index in [1.807, 2.05) is 53.9 Å². The van der Waals surface area contributed by atoms with Crippen molar-refractivity contribution in [3.05, 3.63) is 81.6 Å². The highest BCUT2D eigenvalue weighted by Gasteiger charge is 2.13. The molecule has 0 spiro atoms. The fourth-order valence-corrected chi connectivity index (χ4v) is 3.90. The number of halogens is 1. The topological polar surface area (TPSA) is 42.0 Å². The van der Waals surface area contributed by atoms with Gasteiger partial charge >= 0.3 is 0 Å². The molecule has 1 aromatic heterocycles. The molecular weight excluding hydrogens is 408 g/mol. The van der Waals surface area contributed by atoms with Crippen LogP contribution in [0.5, 0.6) is 0 Å². The second-order valence-corrected chi connectivity index (χ2v) is 7.80. The van der Waals surface area contributed by atoms with Crippen LogP contribution in [0.3, 0.4) is 0 Å². The lowest BCUT2D eigenvalue weighted by atomic mass is 10.0. The van der Waals surface area contributed by atoms with E-state index in [0.29, 0.717) is 10.7 Å². The number of nitrogens with one attached hydrogen (secondary N) is 1. The molecule has 0 saturated heterocycles. The van der Waals surface area contributed by atoms with E-state index in [0.717, 1.165) is 26.5 Å². The van der Waals surface area contributed by atoms with Crippen LogP contribution in [0, 0.1) is 6.92 Å². The summed E-state index contributed by atoms with van der Waals surface area (Å²) >= 11 is 4.90. The Kier molecular flexibility index (Phi) is 4.57. The van der Waals surface area contributed by atoms with E-state index in [-0.39, 0.29) is 5.91 Å². The molecule has 0 saturated carbocycles. The maximum atomic E-state index is 12.7. The molecule has 3 aromatic carbocycles. The Morgan fingerprint density at radius 2 is 1.88 bits per heavy atom. The third-order valence-electron chi connectivity index (χ3n) is 4.16. The average Bonchev–Trinajstić information content (AvgIpc) is 3.10. The first-order valence-electron chi connectivity index (χ1n) is 8.12. The number of nitrogens with zero attached hydrogens (tertiary/aromatic N) is 1. The number of amides is 1. The molecule has 0 unspecified atom stereocenters. The van der Waals surface area contributed by atoms with Gasteiger partial charge in [-0.05, 0) is 35.9 Å². The van der Waals surface area contributed by atoms with Gasteiger partial charge in [0, 0.05) is 21.0 Å². The van der Waals surface area contributed by atoms with Gasteiger partial charge in [-0.15, -0.1) is 11.3 Å². The molecule has 3 nitrogen and oxygen atoms in total. The van der Waals surface area contributed by atoms with Crippen LogP contribution < -0.4 is 5.32 Å². The Morgan fingerprint density at radius 3 is 2.69 bits per heavy atom. The summed E-state index contributed by atoms with van der Waals surface area (Å²) in [5.74, 6) is -0.150. The fourth-order valence-electron chi connectivity index (χ4n) is 2.81. The smallest absolute Gasteiger partial charge is 0.258 e. The summed E-state index contributed by atoms with van der Waals surface area (Å²) in [6.45, 7) is 2.05. The van der Waals surface area contributed by atoms with Crippen LogP contribution in [0.2, 0.25) is 0 Å². The predicted molar refractivity (Wildman–Crippen MR) is 112 cm³/mol. The fraction of sp³-hybridized carbons (Fsp3) is 0.0476. The Balaban J connectivity index is 1.60. The highest BCUT2D eigenvalue weighted by Crippen LogP contribution is 2.27. The zero-order valence-corrected chi connectivity index (χ0v) is 16.4. The molecule has 0 fully saturated rings. The molecule has 5 heteroatoms. The van der Waals surface area contributed by atoms with Crippen LogP contribution in [0.15, 0.2) is 70.5 Å². The van der Waals surface area contributed by atoms with E-state index in [1.54, 1.807) is 0 Å². The van der Waals surface area contributed by atoms with Crippen molar-refractivity contribution in [3.63, 3.8) is 0 Å². The highest BCUT2D eigenvalue weighted by atomic mass is 79.9. The summed E-state index contributed by atoms with van der Waals surface area (Å²) in [6, 6.07) is 19.8. The molecule has 0 bridgehead atoms. The monoisotopic (exact) mass is 422 g/mol. The quantitative estimate of drug-likeness (QED) is 0.421. The van der Waals surface area contributed by atoms with Crippen molar-refractivity contribution in [2.24, 2.45) is 0 Å². The molecule has 1 heterocycles. The molecule has 0 aliphatic heterocycles. The number of anilines is 1. The number of thiazole rings is 1. The van der Waals surface area contributed by atoms with E-state index in [9.17, 15) is 4.79 Å². The molecule has 128 valence electrons. The first-order valence-corrected chi connectivity index (χ1v) is 9.79. The van der Waals surface area contributed by atoms with Gasteiger partial charge in [0.2, 0.25) is 0 Å². The lowest BCUT2D eigenvalue weighted by Gasteiger charge is -2.06. The largest absolute Gasteiger partial charge is 0.298 e. The Morgan fingerprint density at radius 1 is 1.08 bits per heavy atom. The van der Waals surface area contributed by atoms with E-state index in [1.165, 1.54) is 16.9 Å². The lowest BCUT2D eigenvalue weighted by Crippen LogP contribution is -2.12. The van der Waals surface area contributed by atoms with Crippen molar-refractivity contribution in [2.75, 3.05) is 5.32 Å². The molecule has 0 radical (unpaired) electrons. The second-order valence-electron chi connectivity index (χ2n) is 6.03. The van der Waals surface area contributed by atoms with Crippen molar-refractivity contribution >= 4 is 49.1 Å². The zero-order chi connectivity index (χ0) is 18.1.